The number of aromatic nitrogens is 1. The molecule has 4 aromatic carbocycles. The summed E-state index contributed by atoms with van der Waals surface area (Å²) in [6, 6.07) is 26.6. The van der Waals surface area contributed by atoms with Crippen molar-refractivity contribution in [3.05, 3.63) is 102 Å². The van der Waals surface area contributed by atoms with Gasteiger partial charge in [-0.15, -0.1) is 0 Å². The van der Waals surface area contributed by atoms with Gasteiger partial charge in [-0.25, -0.2) is 4.79 Å². The Kier molecular flexibility index (Phi) is 7.17. The molecule has 0 amide bonds. The number of carboxylic acids is 1. The Morgan fingerprint density at radius 1 is 0.868 bits per heavy atom. The molecule has 1 heterocycles. The van der Waals surface area contributed by atoms with Gasteiger partial charge < -0.3 is 29.6 Å². The number of ether oxygens (including phenoxy) is 3. The first-order chi connectivity index (χ1) is 18.6. The highest BCUT2D eigenvalue weighted by Gasteiger charge is 2.11. The number of carboxylic acid groups (broad SMARTS) is 1. The molecule has 0 fully saturated rings. The first-order valence-electron chi connectivity index (χ1n) is 12.2. The Morgan fingerprint density at radius 3 is 2.39 bits per heavy atom. The highest BCUT2D eigenvalue weighted by atomic mass is 16.5. The fourth-order valence-electron chi connectivity index (χ4n) is 4.40. The van der Waals surface area contributed by atoms with E-state index >= 15 is 0 Å². The van der Waals surface area contributed by atoms with E-state index in [1.807, 2.05) is 48.5 Å². The summed E-state index contributed by atoms with van der Waals surface area (Å²) in [7, 11) is 3.21. The summed E-state index contributed by atoms with van der Waals surface area (Å²) < 4.78 is 17.1. The molecule has 192 valence electrons. The maximum absolute atomic E-state index is 11.3. The van der Waals surface area contributed by atoms with E-state index in [0.717, 1.165) is 44.4 Å². The van der Waals surface area contributed by atoms with E-state index in [1.165, 1.54) is 0 Å². The van der Waals surface area contributed by atoms with Crippen LogP contribution in [0.15, 0.2) is 90.5 Å². The van der Waals surface area contributed by atoms with Crippen LogP contribution < -0.4 is 19.5 Å². The number of nitrogens with one attached hydrogen (secondary N) is 2. The fourth-order valence-corrected chi connectivity index (χ4v) is 4.40. The van der Waals surface area contributed by atoms with Gasteiger partial charge in [-0.3, -0.25) is 0 Å². The van der Waals surface area contributed by atoms with E-state index in [0.29, 0.717) is 24.7 Å². The summed E-state index contributed by atoms with van der Waals surface area (Å²) in [5, 5.41) is 14.9. The number of fused-ring (bicyclic) bond motifs is 3. The SMILES string of the molecule is COc1ccc(NCC(=Cc2ccc(C(=O)O)cc2)COc2cccc3c2[nH]c2ccccc23)cc1OC. The molecule has 0 aliphatic carbocycles. The summed E-state index contributed by atoms with van der Waals surface area (Å²) in [5.74, 6) is 1.10. The smallest absolute Gasteiger partial charge is 0.335 e. The molecule has 0 aliphatic heterocycles. The lowest BCUT2D eigenvalue weighted by Crippen LogP contribution is -2.12. The Morgan fingerprint density at radius 2 is 1.63 bits per heavy atom. The van der Waals surface area contributed by atoms with Crippen LogP contribution in [0.3, 0.4) is 0 Å². The van der Waals surface area contributed by atoms with Crippen LogP contribution in [0, 0.1) is 0 Å². The van der Waals surface area contributed by atoms with E-state index < -0.39 is 5.97 Å². The van der Waals surface area contributed by atoms with Crippen molar-refractivity contribution in [2.24, 2.45) is 0 Å². The lowest BCUT2D eigenvalue weighted by Gasteiger charge is -2.15. The van der Waals surface area contributed by atoms with Gasteiger partial charge in [0.15, 0.2) is 11.5 Å². The summed E-state index contributed by atoms with van der Waals surface area (Å²) in [4.78, 5) is 14.7. The highest BCUT2D eigenvalue weighted by Crippen LogP contribution is 2.32. The Bertz CT molecular complexity index is 1620. The number of rotatable bonds is 10. The molecule has 38 heavy (non-hydrogen) atoms. The van der Waals surface area contributed by atoms with Gasteiger partial charge >= 0.3 is 5.97 Å². The van der Waals surface area contributed by atoms with E-state index in [-0.39, 0.29) is 5.56 Å². The zero-order valence-electron chi connectivity index (χ0n) is 21.2. The van der Waals surface area contributed by atoms with Gasteiger partial charge in [-0.05, 0) is 47.5 Å². The highest BCUT2D eigenvalue weighted by molar-refractivity contribution is 6.09. The van der Waals surface area contributed by atoms with Gasteiger partial charge in [-0.1, -0.05) is 48.5 Å². The molecule has 0 saturated heterocycles. The van der Waals surface area contributed by atoms with Gasteiger partial charge in [0, 0.05) is 34.6 Å². The minimum absolute atomic E-state index is 0.244. The number of para-hydroxylation sites is 2. The third-order valence-electron chi connectivity index (χ3n) is 6.35. The molecule has 0 bridgehead atoms. The molecular formula is C31H28N2O5. The van der Waals surface area contributed by atoms with E-state index in [1.54, 1.807) is 38.5 Å². The normalized spacial score (nSPS) is 11.5. The van der Waals surface area contributed by atoms with Gasteiger partial charge in [-0.2, -0.15) is 0 Å². The van der Waals surface area contributed by atoms with Gasteiger partial charge in [0.1, 0.15) is 12.4 Å². The number of aromatic amines is 1. The monoisotopic (exact) mass is 508 g/mol. The van der Waals surface area contributed by atoms with Crippen molar-refractivity contribution in [2.45, 2.75) is 0 Å². The first kappa shape index (κ1) is 24.8. The molecule has 0 atom stereocenters. The summed E-state index contributed by atoms with van der Waals surface area (Å²) in [5.41, 5.74) is 4.97. The average Bonchev–Trinajstić information content (AvgIpc) is 3.34. The molecule has 7 heteroatoms. The molecule has 0 unspecified atom stereocenters. The maximum Gasteiger partial charge on any atom is 0.335 e. The number of aromatic carboxylic acids is 1. The van der Waals surface area contributed by atoms with Crippen molar-refractivity contribution in [3.63, 3.8) is 0 Å². The third kappa shape index (κ3) is 5.27. The van der Waals surface area contributed by atoms with Crippen LogP contribution in [0.1, 0.15) is 15.9 Å². The predicted octanol–water partition coefficient (Wildman–Crippen LogP) is 6.61. The molecule has 3 N–H and O–H groups in total. The minimum atomic E-state index is -0.953. The number of methoxy groups -OCH3 is 2. The zero-order valence-corrected chi connectivity index (χ0v) is 21.2. The molecular weight excluding hydrogens is 480 g/mol. The lowest BCUT2D eigenvalue weighted by molar-refractivity contribution is 0.0697. The van der Waals surface area contributed by atoms with Gasteiger partial charge in [0.05, 0.1) is 25.3 Å². The Labute approximate surface area is 220 Å². The van der Waals surface area contributed by atoms with Gasteiger partial charge in [0.2, 0.25) is 0 Å². The molecule has 1 aromatic heterocycles. The van der Waals surface area contributed by atoms with Crippen LogP contribution in [0.2, 0.25) is 0 Å². The molecule has 0 aliphatic rings. The van der Waals surface area contributed by atoms with E-state index in [4.69, 9.17) is 14.2 Å². The topological polar surface area (TPSA) is 92.8 Å². The quantitative estimate of drug-likeness (QED) is 0.197. The molecule has 5 rings (SSSR count). The van der Waals surface area contributed by atoms with Crippen LogP contribution in [-0.2, 0) is 0 Å². The van der Waals surface area contributed by atoms with E-state index in [2.05, 4.69) is 28.5 Å². The standard InChI is InChI=1S/C31H28N2O5/c1-36-27-15-14-23(17-29(27)37-2)32-18-21(16-20-10-12-22(13-11-20)31(34)35)19-38-28-9-5-7-25-24-6-3-4-8-26(24)33-30(25)28/h3-17,32-33H,18-19H2,1-2H3,(H,34,35). The van der Waals surface area contributed by atoms with Crippen molar-refractivity contribution in [1.82, 2.24) is 4.98 Å². The van der Waals surface area contributed by atoms with Crippen molar-refractivity contribution in [3.8, 4) is 17.2 Å². The van der Waals surface area contributed by atoms with Crippen molar-refractivity contribution in [2.75, 3.05) is 32.7 Å². The second-order valence-corrected chi connectivity index (χ2v) is 8.79. The summed E-state index contributed by atoms with van der Waals surface area (Å²) >= 11 is 0. The summed E-state index contributed by atoms with van der Waals surface area (Å²) in [6.45, 7) is 0.828. The number of H-pyrrole nitrogens is 1. The second kappa shape index (κ2) is 11.0. The fraction of sp³-hybridized carbons (Fsp3) is 0.129. The number of anilines is 1. The molecule has 5 aromatic rings. The number of hydrogen-bond donors (Lipinski definition) is 3. The third-order valence-corrected chi connectivity index (χ3v) is 6.35. The first-order valence-corrected chi connectivity index (χ1v) is 12.2. The van der Waals surface area contributed by atoms with Crippen molar-refractivity contribution in [1.29, 1.82) is 0 Å². The largest absolute Gasteiger partial charge is 0.493 e. The van der Waals surface area contributed by atoms with Crippen LogP contribution in [0.25, 0.3) is 27.9 Å². The van der Waals surface area contributed by atoms with Crippen LogP contribution in [0.4, 0.5) is 5.69 Å². The number of carbonyl (C=O) groups is 1. The number of benzene rings is 4. The van der Waals surface area contributed by atoms with Crippen molar-refractivity contribution >= 4 is 39.5 Å². The van der Waals surface area contributed by atoms with E-state index in [9.17, 15) is 9.90 Å². The second-order valence-electron chi connectivity index (χ2n) is 8.79. The summed E-state index contributed by atoms with van der Waals surface area (Å²) in [6.07, 6.45) is 2.00. The molecule has 7 nitrogen and oxygen atoms in total. The molecule has 0 radical (unpaired) electrons. The minimum Gasteiger partial charge on any atom is -0.493 e. The van der Waals surface area contributed by atoms with Crippen LogP contribution in [-0.4, -0.2) is 43.4 Å². The van der Waals surface area contributed by atoms with Gasteiger partial charge in [0.25, 0.3) is 0 Å². The molecule has 0 spiro atoms. The van der Waals surface area contributed by atoms with Crippen LogP contribution >= 0.6 is 0 Å². The zero-order chi connectivity index (χ0) is 26.5. The number of hydrogen-bond acceptors (Lipinski definition) is 5. The Hall–Kier alpha value is -4.91. The van der Waals surface area contributed by atoms with Crippen LogP contribution in [0.5, 0.6) is 17.2 Å². The van der Waals surface area contributed by atoms with Crippen molar-refractivity contribution < 1.29 is 24.1 Å². The molecule has 0 saturated carbocycles. The maximum atomic E-state index is 11.3. The Balaban J connectivity index is 1.41. The lowest BCUT2D eigenvalue weighted by atomic mass is 10.1. The predicted molar refractivity (Wildman–Crippen MR) is 151 cm³/mol. The average molecular weight is 509 g/mol.